The molecule has 2 aliphatic carbocycles. The Labute approximate surface area is 156 Å². The van der Waals surface area contributed by atoms with E-state index in [0.29, 0.717) is 25.7 Å². The second kappa shape index (κ2) is 5.35. The number of rotatable bonds is 2. The standard InChI is InChI=1S/C20H24O7/c1-11-7-15-19(10-21)14(3-2-5-20(19,24)17(23)27-15)18(11)8-13(26-16(18)22)12-4-6-25-9-12/h4,6,9,11,13-15,21,24H,2-3,5,7-8,10H2,1H3/t11-,13+,14-,15-,18-,19+,20+/m1/s1. The van der Waals surface area contributed by atoms with E-state index in [0.717, 1.165) is 5.56 Å². The molecule has 4 fully saturated rings. The van der Waals surface area contributed by atoms with Crippen molar-refractivity contribution in [3.8, 4) is 0 Å². The minimum absolute atomic E-state index is 0.0928. The SMILES string of the molecule is C[C@@H]1C[C@H]2OC(=O)[C@@]3(O)CCC[C@H]([C@@]14C[C@@H](c1ccoc1)OC4=O)[C@@]23CO. The Balaban J connectivity index is 1.64. The fourth-order valence-electron chi connectivity index (χ4n) is 6.65. The van der Waals surface area contributed by atoms with Crippen molar-refractivity contribution in [2.24, 2.45) is 22.7 Å². The summed E-state index contributed by atoms with van der Waals surface area (Å²) in [4.78, 5) is 25.8. The zero-order chi connectivity index (χ0) is 19.0. The molecule has 0 unspecified atom stereocenters. The second-order valence-electron chi connectivity index (χ2n) is 8.73. The molecule has 146 valence electrons. The van der Waals surface area contributed by atoms with Gasteiger partial charge in [0.05, 0.1) is 30.0 Å². The summed E-state index contributed by atoms with van der Waals surface area (Å²) in [5.41, 5.74) is -2.95. The lowest BCUT2D eigenvalue weighted by atomic mass is 9.42. The molecule has 7 atom stereocenters. The molecule has 1 aromatic rings. The van der Waals surface area contributed by atoms with Crippen LogP contribution < -0.4 is 0 Å². The lowest BCUT2D eigenvalue weighted by Crippen LogP contribution is -2.68. The van der Waals surface area contributed by atoms with Crippen molar-refractivity contribution in [1.82, 2.24) is 0 Å². The van der Waals surface area contributed by atoms with E-state index in [9.17, 15) is 19.8 Å². The molecule has 0 aromatic carbocycles. The molecule has 5 rings (SSSR count). The van der Waals surface area contributed by atoms with E-state index in [-0.39, 0.29) is 30.8 Å². The highest BCUT2D eigenvalue weighted by Crippen LogP contribution is 2.70. The molecule has 1 spiro atoms. The highest BCUT2D eigenvalue weighted by atomic mass is 16.6. The Morgan fingerprint density at radius 1 is 1.26 bits per heavy atom. The summed E-state index contributed by atoms with van der Waals surface area (Å²) in [5, 5.41) is 21.7. The van der Waals surface area contributed by atoms with Crippen LogP contribution in [-0.4, -0.2) is 40.5 Å². The van der Waals surface area contributed by atoms with Gasteiger partial charge in [-0.1, -0.05) is 6.92 Å². The van der Waals surface area contributed by atoms with Crippen molar-refractivity contribution in [2.75, 3.05) is 6.61 Å². The van der Waals surface area contributed by atoms with E-state index in [2.05, 4.69) is 0 Å². The van der Waals surface area contributed by atoms with Gasteiger partial charge >= 0.3 is 11.9 Å². The quantitative estimate of drug-likeness (QED) is 0.757. The van der Waals surface area contributed by atoms with E-state index in [1.54, 1.807) is 18.6 Å². The number of aliphatic hydroxyl groups is 2. The van der Waals surface area contributed by atoms with Crippen LogP contribution in [0.1, 0.15) is 50.7 Å². The molecule has 0 amide bonds. The number of furan rings is 1. The number of carbonyl (C=O) groups is 2. The van der Waals surface area contributed by atoms with Crippen LogP contribution >= 0.6 is 0 Å². The third-order valence-corrected chi connectivity index (χ3v) is 7.98. The smallest absolute Gasteiger partial charge is 0.339 e. The molecule has 1 aromatic heterocycles. The number of aliphatic hydroxyl groups excluding tert-OH is 1. The molecule has 2 saturated carbocycles. The van der Waals surface area contributed by atoms with Crippen LogP contribution in [-0.2, 0) is 19.1 Å². The predicted molar refractivity (Wildman–Crippen MR) is 90.1 cm³/mol. The van der Waals surface area contributed by atoms with Gasteiger partial charge in [-0.3, -0.25) is 4.79 Å². The molecule has 27 heavy (non-hydrogen) atoms. The summed E-state index contributed by atoms with van der Waals surface area (Å²) in [6.45, 7) is 1.60. The van der Waals surface area contributed by atoms with Gasteiger partial charge in [0.25, 0.3) is 0 Å². The number of esters is 2. The van der Waals surface area contributed by atoms with Crippen molar-refractivity contribution >= 4 is 11.9 Å². The summed E-state index contributed by atoms with van der Waals surface area (Å²) in [6, 6.07) is 1.79. The van der Waals surface area contributed by atoms with Crippen LogP contribution in [0.3, 0.4) is 0 Å². The summed E-state index contributed by atoms with van der Waals surface area (Å²) >= 11 is 0. The Hall–Kier alpha value is -1.86. The molecular formula is C20H24O7. The molecule has 2 aliphatic heterocycles. The maximum Gasteiger partial charge on any atom is 0.339 e. The number of hydrogen-bond acceptors (Lipinski definition) is 7. The number of cyclic esters (lactones) is 1. The molecule has 7 heteroatoms. The van der Waals surface area contributed by atoms with Gasteiger partial charge in [0.2, 0.25) is 0 Å². The Morgan fingerprint density at radius 2 is 2.07 bits per heavy atom. The number of hydrogen-bond donors (Lipinski definition) is 2. The van der Waals surface area contributed by atoms with Crippen LogP contribution in [0, 0.1) is 22.7 Å². The first-order valence-corrected chi connectivity index (χ1v) is 9.67. The fourth-order valence-corrected chi connectivity index (χ4v) is 6.65. The fraction of sp³-hybridized carbons (Fsp3) is 0.700. The van der Waals surface area contributed by atoms with Crippen LogP contribution in [0.4, 0.5) is 0 Å². The number of fused-ring (bicyclic) bond motifs is 1. The molecule has 0 bridgehead atoms. The van der Waals surface area contributed by atoms with Crippen molar-refractivity contribution < 1.29 is 33.7 Å². The summed E-state index contributed by atoms with van der Waals surface area (Å²) in [6.07, 6.45) is 4.52. The second-order valence-corrected chi connectivity index (χ2v) is 8.73. The molecule has 0 radical (unpaired) electrons. The Morgan fingerprint density at radius 3 is 2.78 bits per heavy atom. The topological polar surface area (TPSA) is 106 Å². The molecule has 2 saturated heterocycles. The minimum Gasteiger partial charge on any atom is -0.472 e. The van der Waals surface area contributed by atoms with Gasteiger partial charge in [0.1, 0.15) is 12.2 Å². The molecule has 7 nitrogen and oxygen atoms in total. The lowest BCUT2D eigenvalue weighted by Gasteiger charge is -2.59. The van der Waals surface area contributed by atoms with Gasteiger partial charge in [-0.25, -0.2) is 4.79 Å². The van der Waals surface area contributed by atoms with Gasteiger partial charge in [-0.15, -0.1) is 0 Å². The predicted octanol–water partition coefficient (Wildman–Crippen LogP) is 1.73. The normalized spacial score (nSPS) is 48.4. The first-order valence-electron chi connectivity index (χ1n) is 9.67. The summed E-state index contributed by atoms with van der Waals surface area (Å²) < 4.78 is 16.5. The first kappa shape index (κ1) is 17.3. The van der Waals surface area contributed by atoms with Gasteiger partial charge in [-0.05, 0) is 43.6 Å². The van der Waals surface area contributed by atoms with Gasteiger partial charge in [0, 0.05) is 12.0 Å². The molecule has 4 aliphatic rings. The van der Waals surface area contributed by atoms with Crippen LogP contribution in [0.5, 0.6) is 0 Å². The van der Waals surface area contributed by atoms with E-state index in [1.165, 1.54) is 0 Å². The largest absolute Gasteiger partial charge is 0.472 e. The number of carbonyl (C=O) groups excluding carboxylic acids is 2. The highest BCUT2D eigenvalue weighted by Gasteiger charge is 2.79. The van der Waals surface area contributed by atoms with Gasteiger partial charge in [0.15, 0.2) is 5.60 Å². The van der Waals surface area contributed by atoms with E-state index in [4.69, 9.17) is 13.9 Å². The van der Waals surface area contributed by atoms with E-state index in [1.807, 2.05) is 6.92 Å². The maximum absolute atomic E-state index is 13.3. The van der Waals surface area contributed by atoms with Gasteiger partial charge < -0.3 is 24.1 Å². The third kappa shape index (κ3) is 1.80. The van der Waals surface area contributed by atoms with Crippen molar-refractivity contribution in [3.05, 3.63) is 24.2 Å². The lowest BCUT2D eigenvalue weighted by molar-refractivity contribution is -0.215. The van der Waals surface area contributed by atoms with Crippen molar-refractivity contribution in [3.63, 3.8) is 0 Å². The third-order valence-electron chi connectivity index (χ3n) is 7.98. The average molecular weight is 376 g/mol. The van der Waals surface area contributed by atoms with Crippen LogP contribution in [0.15, 0.2) is 23.0 Å². The molecular weight excluding hydrogens is 352 g/mol. The summed E-state index contributed by atoms with van der Waals surface area (Å²) in [7, 11) is 0. The minimum atomic E-state index is -1.74. The van der Waals surface area contributed by atoms with Crippen molar-refractivity contribution in [2.45, 2.75) is 56.8 Å². The van der Waals surface area contributed by atoms with Crippen LogP contribution in [0.2, 0.25) is 0 Å². The molecule has 2 N–H and O–H groups in total. The highest BCUT2D eigenvalue weighted by molar-refractivity contribution is 5.86. The maximum atomic E-state index is 13.3. The summed E-state index contributed by atoms with van der Waals surface area (Å²) in [5.74, 6) is -1.43. The zero-order valence-corrected chi connectivity index (χ0v) is 15.2. The Bertz CT molecular complexity index is 788. The monoisotopic (exact) mass is 376 g/mol. The Kier molecular flexibility index (Phi) is 3.42. The number of ether oxygens (including phenoxy) is 2. The zero-order valence-electron chi connectivity index (χ0n) is 15.2. The first-order chi connectivity index (χ1) is 12.9. The average Bonchev–Trinajstić information content (AvgIpc) is 3.32. The van der Waals surface area contributed by atoms with E-state index < -0.39 is 34.6 Å². The van der Waals surface area contributed by atoms with Crippen LogP contribution in [0.25, 0.3) is 0 Å². The molecule has 3 heterocycles. The van der Waals surface area contributed by atoms with E-state index >= 15 is 0 Å². The van der Waals surface area contributed by atoms with Crippen molar-refractivity contribution in [1.29, 1.82) is 0 Å². The van der Waals surface area contributed by atoms with Gasteiger partial charge in [-0.2, -0.15) is 0 Å².